The van der Waals surface area contributed by atoms with Crippen LogP contribution in [0.3, 0.4) is 0 Å². The highest BCUT2D eigenvalue weighted by Gasteiger charge is 2.14. The van der Waals surface area contributed by atoms with Gasteiger partial charge in [0.15, 0.2) is 0 Å². The second-order valence-electron chi connectivity index (χ2n) is 7.98. The fourth-order valence-electron chi connectivity index (χ4n) is 3.72. The standard InChI is InChI=1S/C28H26N2O3/c31-19-26(16-20-6-2-1-3-7-20)30-28(33)23-12-10-21(11-13-23)18-29-27(32)25-15-14-22-8-4-5-9-24(22)17-25/h1-15,17,26,31H,16,18-19H2,(H,29,32)(H,30,33)/t26-/m0/s1. The van der Waals surface area contributed by atoms with Gasteiger partial charge in [0.05, 0.1) is 12.6 Å². The number of carbonyl (C=O) groups excluding carboxylic acids is 2. The van der Waals surface area contributed by atoms with Gasteiger partial charge in [0.1, 0.15) is 0 Å². The maximum atomic E-state index is 12.6. The minimum absolute atomic E-state index is 0.139. The molecule has 5 nitrogen and oxygen atoms in total. The molecular formula is C28H26N2O3. The molecule has 0 aliphatic carbocycles. The summed E-state index contributed by atoms with van der Waals surface area (Å²) in [6.07, 6.45) is 0.558. The van der Waals surface area contributed by atoms with Crippen molar-refractivity contribution in [2.24, 2.45) is 0 Å². The Labute approximate surface area is 193 Å². The molecule has 2 amide bonds. The SMILES string of the molecule is O=C(NCc1ccc(C(=O)N[C@H](CO)Cc2ccccc2)cc1)c1ccc2ccccc2c1. The molecule has 3 N–H and O–H groups in total. The summed E-state index contributed by atoms with van der Waals surface area (Å²) in [6.45, 7) is 0.223. The number of aliphatic hydroxyl groups excluding tert-OH is 1. The van der Waals surface area contributed by atoms with Crippen molar-refractivity contribution >= 4 is 22.6 Å². The third-order valence-electron chi connectivity index (χ3n) is 5.56. The van der Waals surface area contributed by atoms with Gasteiger partial charge in [-0.05, 0) is 52.6 Å². The smallest absolute Gasteiger partial charge is 0.251 e. The van der Waals surface area contributed by atoms with Crippen molar-refractivity contribution < 1.29 is 14.7 Å². The Bertz CT molecular complexity index is 1240. The summed E-state index contributed by atoms with van der Waals surface area (Å²) in [4.78, 5) is 25.1. The van der Waals surface area contributed by atoms with Gasteiger partial charge in [-0.25, -0.2) is 0 Å². The molecule has 0 aromatic heterocycles. The van der Waals surface area contributed by atoms with Crippen LogP contribution in [-0.2, 0) is 13.0 Å². The average Bonchev–Trinajstić information content (AvgIpc) is 2.87. The molecule has 4 aromatic carbocycles. The van der Waals surface area contributed by atoms with E-state index in [1.807, 2.05) is 84.9 Å². The number of amides is 2. The van der Waals surface area contributed by atoms with E-state index in [-0.39, 0.29) is 24.5 Å². The monoisotopic (exact) mass is 438 g/mol. The minimum atomic E-state index is -0.360. The van der Waals surface area contributed by atoms with E-state index < -0.39 is 0 Å². The molecule has 0 heterocycles. The van der Waals surface area contributed by atoms with E-state index in [1.54, 1.807) is 12.1 Å². The van der Waals surface area contributed by atoms with Gasteiger partial charge in [0.25, 0.3) is 11.8 Å². The van der Waals surface area contributed by atoms with Crippen LogP contribution in [0.4, 0.5) is 0 Å². The minimum Gasteiger partial charge on any atom is -0.394 e. The lowest BCUT2D eigenvalue weighted by molar-refractivity contribution is 0.0914. The molecule has 33 heavy (non-hydrogen) atoms. The first-order chi connectivity index (χ1) is 16.1. The number of hydrogen-bond acceptors (Lipinski definition) is 3. The van der Waals surface area contributed by atoms with Gasteiger partial charge >= 0.3 is 0 Å². The zero-order chi connectivity index (χ0) is 23.0. The molecule has 4 rings (SSSR count). The van der Waals surface area contributed by atoms with Gasteiger partial charge in [-0.15, -0.1) is 0 Å². The van der Waals surface area contributed by atoms with E-state index >= 15 is 0 Å². The Kier molecular flexibility index (Phi) is 7.12. The number of carbonyl (C=O) groups is 2. The fraction of sp³-hybridized carbons (Fsp3) is 0.143. The van der Waals surface area contributed by atoms with Crippen LogP contribution in [-0.4, -0.2) is 29.6 Å². The third kappa shape index (κ3) is 5.84. The fourth-order valence-corrected chi connectivity index (χ4v) is 3.72. The predicted octanol–water partition coefficient (Wildman–Crippen LogP) is 4.10. The van der Waals surface area contributed by atoms with Gasteiger partial charge in [0.2, 0.25) is 0 Å². The normalized spacial score (nSPS) is 11.7. The van der Waals surface area contributed by atoms with Crippen LogP contribution < -0.4 is 10.6 Å². The lowest BCUT2D eigenvalue weighted by Gasteiger charge is -2.16. The van der Waals surface area contributed by atoms with Crippen LogP contribution in [0.15, 0.2) is 97.1 Å². The summed E-state index contributed by atoms with van der Waals surface area (Å²) in [5.74, 6) is -0.383. The van der Waals surface area contributed by atoms with E-state index in [2.05, 4.69) is 10.6 Å². The van der Waals surface area contributed by atoms with Crippen molar-refractivity contribution in [3.05, 3.63) is 119 Å². The maximum absolute atomic E-state index is 12.6. The van der Waals surface area contributed by atoms with E-state index in [9.17, 15) is 14.7 Å². The van der Waals surface area contributed by atoms with Crippen LogP contribution in [0.1, 0.15) is 31.8 Å². The highest BCUT2D eigenvalue weighted by molar-refractivity contribution is 5.98. The molecule has 0 fully saturated rings. The Balaban J connectivity index is 1.32. The van der Waals surface area contributed by atoms with Gasteiger partial charge in [-0.3, -0.25) is 9.59 Å². The molecule has 0 saturated heterocycles. The molecule has 1 atom stereocenters. The van der Waals surface area contributed by atoms with Crippen molar-refractivity contribution in [3.63, 3.8) is 0 Å². The van der Waals surface area contributed by atoms with Crippen molar-refractivity contribution in [2.45, 2.75) is 19.0 Å². The first-order valence-electron chi connectivity index (χ1n) is 10.9. The summed E-state index contributed by atoms with van der Waals surface area (Å²) in [7, 11) is 0. The molecule has 5 heteroatoms. The first-order valence-corrected chi connectivity index (χ1v) is 10.9. The number of hydrogen-bond donors (Lipinski definition) is 3. The number of nitrogens with one attached hydrogen (secondary N) is 2. The molecule has 0 spiro atoms. The molecule has 0 bridgehead atoms. The molecule has 0 unspecified atom stereocenters. The molecule has 0 aliphatic heterocycles. The number of rotatable bonds is 8. The molecule has 0 aliphatic rings. The van der Waals surface area contributed by atoms with Crippen LogP contribution in [0.5, 0.6) is 0 Å². The Morgan fingerprint density at radius 3 is 2.09 bits per heavy atom. The zero-order valence-electron chi connectivity index (χ0n) is 18.2. The first kappa shape index (κ1) is 22.2. The van der Waals surface area contributed by atoms with Crippen molar-refractivity contribution in [1.82, 2.24) is 10.6 Å². The van der Waals surface area contributed by atoms with Crippen LogP contribution >= 0.6 is 0 Å². The van der Waals surface area contributed by atoms with Gasteiger partial charge in [-0.1, -0.05) is 72.8 Å². The summed E-state index contributed by atoms with van der Waals surface area (Å²) in [6, 6.07) is 30.0. The lowest BCUT2D eigenvalue weighted by atomic mass is 10.1. The second-order valence-corrected chi connectivity index (χ2v) is 7.98. The molecule has 166 valence electrons. The van der Waals surface area contributed by atoms with Gasteiger partial charge in [-0.2, -0.15) is 0 Å². The highest BCUT2D eigenvalue weighted by atomic mass is 16.3. The summed E-state index contributed by atoms with van der Waals surface area (Å²) >= 11 is 0. The van der Waals surface area contributed by atoms with Crippen LogP contribution in [0, 0.1) is 0 Å². The topological polar surface area (TPSA) is 78.4 Å². The second kappa shape index (κ2) is 10.6. The molecule has 4 aromatic rings. The summed E-state index contributed by atoms with van der Waals surface area (Å²) in [5, 5.41) is 17.6. The van der Waals surface area contributed by atoms with Crippen LogP contribution in [0.2, 0.25) is 0 Å². The third-order valence-corrected chi connectivity index (χ3v) is 5.56. The zero-order valence-corrected chi connectivity index (χ0v) is 18.2. The molecule has 0 saturated carbocycles. The van der Waals surface area contributed by atoms with Gasteiger partial charge in [0, 0.05) is 17.7 Å². The van der Waals surface area contributed by atoms with E-state index in [0.717, 1.165) is 21.9 Å². The van der Waals surface area contributed by atoms with E-state index in [0.29, 0.717) is 24.1 Å². The quantitative estimate of drug-likeness (QED) is 0.388. The van der Waals surface area contributed by atoms with Crippen LogP contribution in [0.25, 0.3) is 10.8 Å². The van der Waals surface area contributed by atoms with Crippen molar-refractivity contribution in [1.29, 1.82) is 0 Å². The number of fused-ring (bicyclic) bond motifs is 1. The molecule has 0 radical (unpaired) electrons. The summed E-state index contributed by atoms with van der Waals surface area (Å²) in [5.41, 5.74) is 3.06. The average molecular weight is 439 g/mol. The molecular weight excluding hydrogens is 412 g/mol. The Hall–Kier alpha value is -3.96. The lowest BCUT2D eigenvalue weighted by Crippen LogP contribution is -2.39. The largest absolute Gasteiger partial charge is 0.394 e. The highest BCUT2D eigenvalue weighted by Crippen LogP contribution is 2.16. The van der Waals surface area contributed by atoms with E-state index in [1.165, 1.54) is 0 Å². The predicted molar refractivity (Wildman–Crippen MR) is 130 cm³/mol. The Morgan fingerprint density at radius 1 is 0.697 bits per heavy atom. The number of benzene rings is 4. The van der Waals surface area contributed by atoms with Crippen molar-refractivity contribution in [3.8, 4) is 0 Å². The summed E-state index contributed by atoms with van der Waals surface area (Å²) < 4.78 is 0. The maximum Gasteiger partial charge on any atom is 0.251 e. The Morgan fingerprint density at radius 2 is 1.36 bits per heavy atom. The number of aliphatic hydroxyl groups is 1. The van der Waals surface area contributed by atoms with Crippen molar-refractivity contribution in [2.75, 3.05) is 6.61 Å². The van der Waals surface area contributed by atoms with E-state index in [4.69, 9.17) is 0 Å². The van der Waals surface area contributed by atoms with Gasteiger partial charge < -0.3 is 15.7 Å².